The zero-order chi connectivity index (χ0) is 19.9. The zero-order valence-corrected chi connectivity index (χ0v) is 20.9. The molecule has 2 heterocycles. The molecule has 2 N–H and O–H groups in total. The minimum Gasteiger partial charge on any atom is -0.497 e. The van der Waals surface area contributed by atoms with Crippen LogP contribution in [-0.4, -0.2) is 50.2 Å². The average Bonchev–Trinajstić information content (AvgIpc) is 3.20. The second-order valence-corrected chi connectivity index (χ2v) is 8.64. The lowest BCUT2D eigenvalue weighted by Gasteiger charge is -2.35. The highest BCUT2D eigenvalue weighted by Crippen LogP contribution is 2.29. The van der Waals surface area contributed by atoms with E-state index < -0.39 is 0 Å². The normalized spacial score (nSPS) is 15.8. The summed E-state index contributed by atoms with van der Waals surface area (Å²) in [6.07, 6.45) is 2.33. The van der Waals surface area contributed by atoms with Gasteiger partial charge in [0.1, 0.15) is 5.75 Å². The van der Waals surface area contributed by atoms with E-state index in [1.165, 1.54) is 28.2 Å². The summed E-state index contributed by atoms with van der Waals surface area (Å²) in [5, 5.41) is 7.06. The first-order chi connectivity index (χ1) is 13.6. The van der Waals surface area contributed by atoms with Gasteiger partial charge in [0.15, 0.2) is 5.96 Å². The number of benzene rings is 1. The Kier molecular flexibility index (Phi) is 9.71. The zero-order valence-electron chi connectivity index (χ0n) is 17.8. The molecule has 1 aromatic carbocycles. The lowest BCUT2D eigenvalue weighted by molar-refractivity contribution is 0.167. The standard InChI is InChI=1S/C22H32N4OS.HI/c1-16(2)26-13-11-18(12-14-26)25-22(23-3)24-15-20-9-10-21(28-20)17-5-7-19(27-4)8-6-17;/h5-10,16,18H,11-15H2,1-4H3,(H2,23,24,25);1H. The van der Waals surface area contributed by atoms with Crippen molar-refractivity contribution in [3.8, 4) is 16.2 Å². The first-order valence-electron chi connectivity index (χ1n) is 10.0. The van der Waals surface area contributed by atoms with Crippen LogP contribution >= 0.6 is 35.3 Å². The number of hydrogen-bond donors (Lipinski definition) is 2. The van der Waals surface area contributed by atoms with Crippen molar-refractivity contribution >= 4 is 41.3 Å². The summed E-state index contributed by atoms with van der Waals surface area (Å²) >= 11 is 1.81. The summed E-state index contributed by atoms with van der Waals surface area (Å²) in [4.78, 5) is 9.51. The van der Waals surface area contributed by atoms with Gasteiger partial charge in [-0.25, -0.2) is 0 Å². The molecule has 0 atom stereocenters. The summed E-state index contributed by atoms with van der Waals surface area (Å²) in [7, 11) is 3.54. The van der Waals surface area contributed by atoms with Crippen LogP contribution in [0.1, 0.15) is 31.6 Å². The molecule has 1 aliphatic rings. The van der Waals surface area contributed by atoms with Crippen LogP contribution in [0.4, 0.5) is 0 Å². The van der Waals surface area contributed by atoms with Crippen LogP contribution in [0.2, 0.25) is 0 Å². The third kappa shape index (κ3) is 6.86. The lowest BCUT2D eigenvalue weighted by Crippen LogP contribution is -2.49. The molecule has 5 nitrogen and oxygen atoms in total. The van der Waals surface area contributed by atoms with Gasteiger partial charge in [-0.3, -0.25) is 4.99 Å². The van der Waals surface area contributed by atoms with Crippen molar-refractivity contribution in [3.05, 3.63) is 41.3 Å². The summed E-state index contributed by atoms with van der Waals surface area (Å²) < 4.78 is 5.24. The van der Waals surface area contributed by atoms with E-state index in [0.717, 1.165) is 31.3 Å². The second-order valence-electron chi connectivity index (χ2n) is 7.47. The van der Waals surface area contributed by atoms with Crippen molar-refractivity contribution in [2.45, 2.75) is 45.3 Å². The topological polar surface area (TPSA) is 48.9 Å². The van der Waals surface area contributed by atoms with Crippen LogP contribution in [0.3, 0.4) is 0 Å². The predicted octanol–water partition coefficient (Wildman–Crippen LogP) is 4.58. The number of hydrogen-bond acceptors (Lipinski definition) is 4. The van der Waals surface area contributed by atoms with Gasteiger partial charge < -0.3 is 20.3 Å². The van der Waals surface area contributed by atoms with Crippen LogP contribution in [0.15, 0.2) is 41.4 Å². The van der Waals surface area contributed by atoms with E-state index in [2.05, 4.69) is 58.6 Å². The molecule has 1 aliphatic heterocycles. The number of likely N-dealkylation sites (tertiary alicyclic amines) is 1. The summed E-state index contributed by atoms with van der Waals surface area (Å²) in [6, 6.07) is 13.7. The summed E-state index contributed by atoms with van der Waals surface area (Å²) in [5.41, 5.74) is 1.22. The lowest BCUT2D eigenvalue weighted by atomic mass is 10.0. The highest BCUT2D eigenvalue weighted by molar-refractivity contribution is 14.0. The molecule has 0 saturated carbocycles. The molecule has 1 fully saturated rings. The fraction of sp³-hybridized carbons (Fsp3) is 0.500. The minimum absolute atomic E-state index is 0. The minimum atomic E-state index is 0. The molecule has 0 radical (unpaired) electrons. The molecule has 29 heavy (non-hydrogen) atoms. The molecule has 3 rings (SSSR count). The van der Waals surface area contributed by atoms with Gasteiger partial charge in [-0.2, -0.15) is 0 Å². The number of aliphatic imine (C=N–C) groups is 1. The van der Waals surface area contributed by atoms with Crippen LogP contribution in [0, 0.1) is 0 Å². The SMILES string of the molecule is CN=C(NCc1ccc(-c2ccc(OC)cc2)s1)NC1CCN(C(C)C)CC1.I. The number of piperidine rings is 1. The Morgan fingerprint density at radius 2 is 1.86 bits per heavy atom. The fourth-order valence-corrected chi connectivity index (χ4v) is 4.46. The Balaban J connectivity index is 0.00000300. The van der Waals surface area contributed by atoms with Crippen molar-refractivity contribution in [2.75, 3.05) is 27.2 Å². The Labute approximate surface area is 196 Å². The van der Waals surface area contributed by atoms with E-state index in [1.807, 2.05) is 30.5 Å². The average molecular weight is 529 g/mol. The molecule has 0 spiro atoms. The molecular weight excluding hydrogens is 495 g/mol. The van der Waals surface area contributed by atoms with E-state index in [0.29, 0.717) is 12.1 Å². The quantitative estimate of drug-likeness (QED) is 0.328. The van der Waals surface area contributed by atoms with E-state index in [-0.39, 0.29) is 24.0 Å². The molecule has 7 heteroatoms. The smallest absolute Gasteiger partial charge is 0.191 e. The molecule has 0 amide bonds. The van der Waals surface area contributed by atoms with Gasteiger partial charge in [-0.05, 0) is 68.7 Å². The Hall–Kier alpha value is -1.32. The number of guanidine groups is 1. The fourth-order valence-electron chi connectivity index (χ4n) is 3.50. The van der Waals surface area contributed by atoms with E-state index in [9.17, 15) is 0 Å². The molecule has 1 aromatic heterocycles. The van der Waals surface area contributed by atoms with Gasteiger partial charge in [0, 0.05) is 42.0 Å². The highest BCUT2D eigenvalue weighted by Gasteiger charge is 2.21. The first-order valence-corrected chi connectivity index (χ1v) is 10.8. The number of halogens is 1. The molecule has 2 aromatic rings. The highest BCUT2D eigenvalue weighted by atomic mass is 127. The number of nitrogens with one attached hydrogen (secondary N) is 2. The number of rotatable bonds is 6. The molecule has 0 aliphatic carbocycles. The Bertz CT molecular complexity index is 767. The van der Waals surface area contributed by atoms with Crippen molar-refractivity contribution in [1.82, 2.24) is 15.5 Å². The first kappa shape index (κ1) is 24.0. The Morgan fingerprint density at radius 3 is 2.45 bits per heavy atom. The van der Waals surface area contributed by atoms with Gasteiger partial charge in [-0.1, -0.05) is 0 Å². The van der Waals surface area contributed by atoms with E-state index in [4.69, 9.17) is 4.74 Å². The predicted molar refractivity (Wildman–Crippen MR) is 135 cm³/mol. The number of methoxy groups -OCH3 is 1. The molecule has 0 unspecified atom stereocenters. The summed E-state index contributed by atoms with van der Waals surface area (Å²) in [5.74, 6) is 1.78. The number of ether oxygens (including phenoxy) is 1. The van der Waals surface area contributed by atoms with Crippen LogP contribution in [0.25, 0.3) is 10.4 Å². The molecule has 160 valence electrons. The van der Waals surface area contributed by atoms with E-state index in [1.54, 1.807) is 7.11 Å². The largest absolute Gasteiger partial charge is 0.497 e. The molecular formula is C22H33IN4OS. The third-order valence-corrected chi connectivity index (χ3v) is 6.42. The van der Waals surface area contributed by atoms with Crippen molar-refractivity contribution in [2.24, 2.45) is 4.99 Å². The van der Waals surface area contributed by atoms with Crippen molar-refractivity contribution in [1.29, 1.82) is 0 Å². The van der Waals surface area contributed by atoms with Crippen molar-refractivity contribution < 1.29 is 4.74 Å². The van der Waals surface area contributed by atoms with Gasteiger partial charge in [0.2, 0.25) is 0 Å². The monoisotopic (exact) mass is 528 g/mol. The Morgan fingerprint density at radius 1 is 1.17 bits per heavy atom. The maximum Gasteiger partial charge on any atom is 0.191 e. The maximum absolute atomic E-state index is 5.24. The van der Waals surface area contributed by atoms with Gasteiger partial charge >= 0.3 is 0 Å². The number of nitrogens with zero attached hydrogens (tertiary/aromatic N) is 2. The van der Waals surface area contributed by atoms with Gasteiger partial charge in [-0.15, -0.1) is 35.3 Å². The molecule has 0 bridgehead atoms. The van der Waals surface area contributed by atoms with Crippen LogP contribution in [0.5, 0.6) is 5.75 Å². The van der Waals surface area contributed by atoms with Crippen LogP contribution in [-0.2, 0) is 6.54 Å². The third-order valence-electron chi connectivity index (χ3n) is 5.29. The van der Waals surface area contributed by atoms with E-state index >= 15 is 0 Å². The second kappa shape index (κ2) is 11.8. The molecule has 1 saturated heterocycles. The van der Waals surface area contributed by atoms with Gasteiger partial charge in [0.05, 0.1) is 13.7 Å². The van der Waals surface area contributed by atoms with Crippen molar-refractivity contribution in [3.63, 3.8) is 0 Å². The summed E-state index contributed by atoms with van der Waals surface area (Å²) in [6.45, 7) is 7.64. The van der Waals surface area contributed by atoms with Gasteiger partial charge in [0.25, 0.3) is 0 Å². The van der Waals surface area contributed by atoms with Crippen LogP contribution < -0.4 is 15.4 Å². The number of thiophene rings is 1. The maximum atomic E-state index is 5.24.